The molecule has 0 unspecified atom stereocenters. The van der Waals surface area contributed by atoms with Crippen molar-refractivity contribution in [1.82, 2.24) is 20.2 Å². The van der Waals surface area contributed by atoms with Crippen molar-refractivity contribution in [2.75, 3.05) is 20.2 Å². The van der Waals surface area contributed by atoms with Crippen LogP contribution in [0.5, 0.6) is 5.75 Å². The molecular formula is C23H29N5O. The largest absolute Gasteiger partial charge is 0.493 e. The fraction of sp³-hybridized carbons (Fsp3) is 0.391. The average molecular weight is 392 g/mol. The molecule has 0 bridgehead atoms. The van der Waals surface area contributed by atoms with Crippen molar-refractivity contribution >= 4 is 17.0 Å². The van der Waals surface area contributed by atoms with E-state index in [1.807, 2.05) is 36.7 Å². The van der Waals surface area contributed by atoms with Gasteiger partial charge in [-0.3, -0.25) is 4.99 Å². The van der Waals surface area contributed by atoms with Crippen LogP contribution in [0.4, 0.5) is 0 Å². The minimum absolute atomic E-state index is 0.687. The molecule has 2 aromatic carbocycles. The zero-order valence-electron chi connectivity index (χ0n) is 17.0. The number of hydrogen-bond donors (Lipinski definition) is 2. The number of guanidine groups is 1. The van der Waals surface area contributed by atoms with Crippen LogP contribution < -0.4 is 15.4 Å². The minimum atomic E-state index is 0.687. The molecule has 1 aliphatic carbocycles. The molecule has 2 N–H and O–H groups in total. The SMILES string of the molecule is CN=C(NCCCn1cnc2ccccc21)NCc1ccccc1OCC1CC1. The number of aliphatic imine (C=N–C) groups is 1. The molecule has 0 saturated heterocycles. The number of nitrogens with zero attached hydrogens (tertiary/aromatic N) is 3. The van der Waals surface area contributed by atoms with E-state index in [0.29, 0.717) is 6.54 Å². The fourth-order valence-electron chi connectivity index (χ4n) is 3.33. The van der Waals surface area contributed by atoms with Crippen molar-refractivity contribution in [3.05, 3.63) is 60.4 Å². The second kappa shape index (κ2) is 9.45. The maximum atomic E-state index is 5.99. The molecule has 29 heavy (non-hydrogen) atoms. The van der Waals surface area contributed by atoms with Crippen molar-refractivity contribution in [2.45, 2.75) is 32.4 Å². The van der Waals surface area contributed by atoms with E-state index in [2.05, 4.69) is 43.4 Å². The Balaban J connectivity index is 1.23. The van der Waals surface area contributed by atoms with Gasteiger partial charge in [0.2, 0.25) is 0 Å². The first-order valence-electron chi connectivity index (χ1n) is 10.4. The first-order valence-corrected chi connectivity index (χ1v) is 10.4. The molecule has 0 atom stereocenters. The van der Waals surface area contributed by atoms with Crippen molar-refractivity contribution in [1.29, 1.82) is 0 Å². The number of aromatic nitrogens is 2. The summed E-state index contributed by atoms with van der Waals surface area (Å²) in [5.74, 6) is 2.52. The normalized spacial score (nSPS) is 14.2. The molecule has 1 aliphatic rings. The fourth-order valence-corrected chi connectivity index (χ4v) is 3.33. The van der Waals surface area contributed by atoms with Crippen LogP contribution in [-0.2, 0) is 13.1 Å². The number of benzene rings is 2. The van der Waals surface area contributed by atoms with Crippen LogP contribution in [0.1, 0.15) is 24.8 Å². The van der Waals surface area contributed by atoms with Crippen molar-refractivity contribution in [3.63, 3.8) is 0 Å². The summed E-state index contributed by atoms with van der Waals surface area (Å²) in [6.45, 7) is 3.27. The Bertz CT molecular complexity index is 961. The maximum Gasteiger partial charge on any atom is 0.191 e. The van der Waals surface area contributed by atoms with Gasteiger partial charge < -0.3 is 19.9 Å². The van der Waals surface area contributed by atoms with Crippen LogP contribution in [-0.4, -0.2) is 35.7 Å². The van der Waals surface area contributed by atoms with Gasteiger partial charge in [-0.15, -0.1) is 0 Å². The first-order chi connectivity index (χ1) is 14.3. The summed E-state index contributed by atoms with van der Waals surface area (Å²) in [4.78, 5) is 8.78. The van der Waals surface area contributed by atoms with Crippen molar-refractivity contribution in [3.8, 4) is 5.75 Å². The summed E-state index contributed by atoms with van der Waals surface area (Å²) in [6, 6.07) is 16.5. The highest BCUT2D eigenvalue weighted by molar-refractivity contribution is 5.79. The smallest absolute Gasteiger partial charge is 0.191 e. The number of nitrogens with one attached hydrogen (secondary N) is 2. The van der Waals surface area contributed by atoms with Crippen LogP contribution in [0, 0.1) is 5.92 Å². The average Bonchev–Trinajstić information content (AvgIpc) is 3.51. The molecule has 0 spiro atoms. The third-order valence-corrected chi connectivity index (χ3v) is 5.21. The third kappa shape index (κ3) is 5.28. The minimum Gasteiger partial charge on any atom is -0.493 e. The highest BCUT2D eigenvalue weighted by Crippen LogP contribution is 2.30. The highest BCUT2D eigenvalue weighted by atomic mass is 16.5. The molecular weight excluding hydrogens is 362 g/mol. The van der Waals surface area contributed by atoms with Crippen LogP contribution in [0.15, 0.2) is 59.9 Å². The second-order valence-corrected chi connectivity index (χ2v) is 7.49. The molecule has 1 fully saturated rings. The van der Waals surface area contributed by atoms with E-state index in [1.165, 1.54) is 18.4 Å². The Morgan fingerprint density at radius 1 is 1.14 bits per heavy atom. The van der Waals surface area contributed by atoms with E-state index in [4.69, 9.17) is 4.74 Å². The van der Waals surface area contributed by atoms with E-state index in [9.17, 15) is 0 Å². The van der Waals surface area contributed by atoms with Gasteiger partial charge in [-0.2, -0.15) is 0 Å². The number of para-hydroxylation sites is 3. The Morgan fingerprint density at radius 3 is 2.83 bits per heavy atom. The number of hydrogen-bond acceptors (Lipinski definition) is 3. The monoisotopic (exact) mass is 391 g/mol. The zero-order chi connectivity index (χ0) is 19.9. The Morgan fingerprint density at radius 2 is 1.97 bits per heavy atom. The predicted octanol–water partition coefficient (Wildman–Crippen LogP) is 3.58. The summed E-state index contributed by atoms with van der Waals surface area (Å²) in [7, 11) is 1.80. The molecule has 4 rings (SSSR count). The van der Waals surface area contributed by atoms with E-state index in [-0.39, 0.29) is 0 Å². The molecule has 6 nitrogen and oxygen atoms in total. The van der Waals surface area contributed by atoms with Crippen LogP contribution in [0.25, 0.3) is 11.0 Å². The molecule has 0 radical (unpaired) electrons. The van der Waals surface area contributed by atoms with E-state index >= 15 is 0 Å². The van der Waals surface area contributed by atoms with Crippen LogP contribution >= 0.6 is 0 Å². The summed E-state index contributed by atoms with van der Waals surface area (Å²) in [6.07, 6.45) is 5.50. The molecule has 3 aromatic rings. The molecule has 0 amide bonds. The number of ether oxygens (including phenoxy) is 1. The topological polar surface area (TPSA) is 63.5 Å². The molecule has 6 heteroatoms. The van der Waals surface area contributed by atoms with Gasteiger partial charge in [0.05, 0.1) is 24.0 Å². The predicted molar refractivity (Wildman–Crippen MR) is 117 cm³/mol. The lowest BCUT2D eigenvalue weighted by Gasteiger charge is -2.15. The lowest BCUT2D eigenvalue weighted by Crippen LogP contribution is -2.37. The lowest BCUT2D eigenvalue weighted by molar-refractivity contribution is 0.296. The van der Waals surface area contributed by atoms with Crippen molar-refractivity contribution < 1.29 is 4.74 Å². The molecule has 1 aromatic heterocycles. The number of aryl methyl sites for hydroxylation is 1. The third-order valence-electron chi connectivity index (χ3n) is 5.21. The van der Waals surface area contributed by atoms with Gasteiger partial charge >= 0.3 is 0 Å². The second-order valence-electron chi connectivity index (χ2n) is 7.49. The Hall–Kier alpha value is -3.02. The summed E-state index contributed by atoms with van der Waals surface area (Å²) in [5.41, 5.74) is 3.37. The van der Waals surface area contributed by atoms with Gasteiger partial charge in [-0.05, 0) is 43.4 Å². The van der Waals surface area contributed by atoms with Crippen molar-refractivity contribution in [2.24, 2.45) is 10.9 Å². The first kappa shape index (κ1) is 19.3. The molecule has 0 aliphatic heterocycles. The molecule has 152 valence electrons. The standard InChI is InChI=1S/C23H29N5O/c1-24-23(25-13-6-14-28-17-27-20-8-3-4-9-21(20)28)26-15-19-7-2-5-10-22(19)29-16-18-11-12-18/h2-5,7-10,17-18H,6,11-16H2,1H3,(H2,24,25,26). The maximum absolute atomic E-state index is 5.99. The zero-order valence-corrected chi connectivity index (χ0v) is 17.0. The van der Waals surface area contributed by atoms with Gasteiger partial charge in [0.15, 0.2) is 5.96 Å². The Labute approximate surface area is 172 Å². The number of imidazole rings is 1. The van der Waals surface area contributed by atoms with Gasteiger partial charge in [-0.1, -0.05) is 30.3 Å². The van der Waals surface area contributed by atoms with E-state index in [0.717, 1.165) is 54.8 Å². The summed E-state index contributed by atoms with van der Waals surface area (Å²) in [5, 5.41) is 6.79. The van der Waals surface area contributed by atoms with E-state index < -0.39 is 0 Å². The van der Waals surface area contributed by atoms with Gasteiger partial charge in [-0.25, -0.2) is 4.98 Å². The van der Waals surface area contributed by atoms with Crippen LogP contribution in [0.2, 0.25) is 0 Å². The number of rotatable bonds is 9. The summed E-state index contributed by atoms with van der Waals surface area (Å²) >= 11 is 0. The van der Waals surface area contributed by atoms with Gasteiger partial charge in [0.25, 0.3) is 0 Å². The quantitative estimate of drug-likeness (QED) is 0.332. The van der Waals surface area contributed by atoms with E-state index in [1.54, 1.807) is 7.05 Å². The molecule has 1 heterocycles. The van der Waals surface area contributed by atoms with Crippen LogP contribution in [0.3, 0.4) is 0 Å². The molecule has 1 saturated carbocycles. The van der Waals surface area contributed by atoms with Gasteiger partial charge in [0.1, 0.15) is 5.75 Å². The number of fused-ring (bicyclic) bond motifs is 1. The lowest BCUT2D eigenvalue weighted by atomic mass is 10.2. The summed E-state index contributed by atoms with van der Waals surface area (Å²) < 4.78 is 8.19. The van der Waals surface area contributed by atoms with Gasteiger partial charge in [0, 0.05) is 32.2 Å². The Kier molecular flexibility index (Phi) is 6.29. The highest BCUT2D eigenvalue weighted by Gasteiger charge is 2.22.